The lowest BCUT2D eigenvalue weighted by Crippen LogP contribution is -2.22. The molecular weight excluding hydrogens is 258 g/mol. The monoisotopic (exact) mass is 275 g/mol. The van der Waals surface area contributed by atoms with Crippen LogP contribution in [0.3, 0.4) is 0 Å². The van der Waals surface area contributed by atoms with E-state index in [4.69, 9.17) is 9.84 Å². The van der Waals surface area contributed by atoms with Gasteiger partial charge in [0.15, 0.2) is 6.61 Å². The van der Waals surface area contributed by atoms with Crippen LogP contribution in [-0.2, 0) is 11.3 Å². The van der Waals surface area contributed by atoms with Gasteiger partial charge in [-0.1, -0.05) is 18.2 Å². The van der Waals surface area contributed by atoms with E-state index >= 15 is 0 Å². The standard InChI is InChI=1S/C14H17N3O3/c1-11-9-13(17(16-11)7-8-18)15-14(19)10-20-12-5-3-2-4-6-12/h2-6,9,18H,7-8,10H2,1H3,(H,15,19). The van der Waals surface area contributed by atoms with Gasteiger partial charge in [-0.05, 0) is 19.1 Å². The average molecular weight is 275 g/mol. The Morgan fingerprint density at radius 1 is 1.40 bits per heavy atom. The number of para-hydroxylation sites is 1. The van der Waals surface area contributed by atoms with E-state index in [9.17, 15) is 4.79 Å². The second-order valence-corrected chi connectivity index (χ2v) is 4.27. The minimum Gasteiger partial charge on any atom is -0.484 e. The third kappa shape index (κ3) is 3.83. The van der Waals surface area contributed by atoms with E-state index in [1.807, 2.05) is 25.1 Å². The Balaban J connectivity index is 1.91. The normalized spacial score (nSPS) is 10.3. The summed E-state index contributed by atoms with van der Waals surface area (Å²) in [5.41, 5.74) is 0.776. The molecular formula is C14H17N3O3. The number of aliphatic hydroxyl groups is 1. The van der Waals surface area contributed by atoms with E-state index in [0.717, 1.165) is 5.69 Å². The maximum atomic E-state index is 11.8. The highest BCUT2D eigenvalue weighted by molar-refractivity contribution is 5.91. The largest absolute Gasteiger partial charge is 0.484 e. The fraction of sp³-hybridized carbons (Fsp3) is 0.286. The molecule has 2 aromatic rings. The molecule has 2 rings (SSSR count). The first kappa shape index (κ1) is 14.1. The molecule has 20 heavy (non-hydrogen) atoms. The fourth-order valence-corrected chi connectivity index (χ4v) is 1.76. The van der Waals surface area contributed by atoms with Crippen LogP contribution in [0.15, 0.2) is 36.4 Å². The summed E-state index contributed by atoms with van der Waals surface area (Å²) in [6.45, 7) is 2.05. The van der Waals surface area contributed by atoms with Gasteiger partial charge in [0.1, 0.15) is 11.6 Å². The first-order valence-electron chi connectivity index (χ1n) is 6.32. The van der Waals surface area contributed by atoms with Crippen LogP contribution < -0.4 is 10.1 Å². The zero-order chi connectivity index (χ0) is 14.4. The van der Waals surface area contributed by atoms with E-state index in [1.54, 1.807) is 22.9 Å². The molecule has 0 radical (unpaired) electrons. The van der Waals surface area contributed by atoms with Gasteiger partial charge < -0.3 is 15.2 Å². The van der Waals surface area contributed by atoms with Gasteiger partial charge in [-0.2, -0.15) is 5.10 Å². The number of anilines is 1. The van der Waals surface area contributed by atoms with E-state index in [1.165, 1.54) is 0 Å². The Morgan fingerprint density at radius 3 is 2.85 bits per heavy atom. The van der Waals surface area contributed by atoms with Gasteiger partial charge in [-0.15, -0.1) is 0 Å². The van der Waals surface area contributed by atoms with Crippen molar-refractivity contribution in [3.8, 4) is 5.75 Å². The van der Waals surface area contributed by atoms with E-state index in [0.29, 0.717) is 18.1 Å². The first-order valence-corrected chi connectivity index (χ1v) is 6.32. The smallest absolute Gasteiger partial charge is 0.263 e. The third-order valence-electron chi connectivity index (χ3n) is 2.59. The van der Waals surface area contributed by atoms with Crippen LogP contribution in [0.25, 0.3) is 0 Å². The van der Waals surface area contributed by atoms with Gasteiger partial charge in [0.25, 0.3) is 5.91 Å². The Kier molecular flexibility index (Phi) is 4.73. The number of aliphatic hydroxyl groups excluding tert-OH is 1. The summed E-state index contributed by atoms with van der Waals surface area (Å²) in [7, 11) is 0. The maximum absolute atomic E-state index is 11.8. The summed E-state index contributed by atoms with van der Waals surface area (Å²) in [5.74, 6) is 0.925. The number of carbonyl (C=O) groups is 1. The predicted molar refractivity (Wildman–Crippen MR) is 74.6 cm³/mol. The molecule has 1 amide bonds. The SMILES string of the molecule is Cc1cc(NC(=O)COc2ccccc2)n(CCO)n1. The van der Waals surface area contributed by atoms with Crippen molar-refractivity contribution in [2.75, 3.05) is 18.5 Å². The molecule has 0 bridgehead atoms. The molecule has 0 atom stereocenters. The number of nitrogens with zero attached hydrogens (tertiary/aromatic N) is 2. The molecule has 0 spiro atoms. The van der Waals surface area contributed by atoms with E-state index < -0.39 is 0 Å². The zero-order valence-electron chi connectivity index (χ0n) is 11.2. The van der Waals surface area contributed by atoms with Crippen molar-refractivity contribution < 1.29 is 14.6 Å². The van der Waals surface area contributed by atoms with Gasteiger partial charge in [-0.3, -0.25) is 4.79 Å². The molecule has 0 aliphatic carbocycles. The Bertz CT molecular complexity index is 566. The number of amides is 1. The van der Waals surface area contributed by atoms with Crippen LogP contribution in [0.1, 0.15) is 5.69 Å². The van der Waals surface area contributed by atoms with Crippen molar-refractivity contribution in [1.82, 2.24) is 9.78 Å². The number of hydrogen-bond donors (Lipinski definition) is 2. The number of benzene rings is 1. The summed E-state index contributed by atoms with van der Waals surface area (Å²) >= 11 is 0. The Labute approximate surface area is 117 Å². The van der Waals surface area contributed by atoms with Gasteiger partial charge in [-0.25, -0.2) is 4.68 Å². The lowest BCUT2D eigenvalue weighted by Gasteiger charge is -2.08. The number of nitrogens with one attached hydrogen (secondary N) is 1. The van der Waals surface area contributed by atoms with Gasteiger partial charge >= 0.3 is 0 Å². The molecule has 2 N–H and O–H groups in total. The number of rotatable bonds is 6. The average Bonchev–Trinajstić information content (AvgIpc) is 2.78. The van der Waals surface area contributed by atoms with Crippen molar-refractivity contribution in [3.05, 3.63) is 42.1 Å². The topological polar surface area (TPSA) is 76.4 Å². The van der Waals surface area contributed by atoms with Crippen LogP contribution in [0.5, 0.6) is 5.75 Å². The predicted octanol–water partition coefficient (Wildman–Crippen LogP) is 1.20. The minimum atomic E-state index is -0.270. The quantitative estimate of drug-likeness (QED) is 0.830. The van der Waals surface area contributed by atoms with Crippen molar-refractivity contribution in [2.24, 2.45) is 0 Å². The van der Waals surface area contributed by atoms with E-state index in [2.05, 4.69) is 10.4 Å². The second-order valence-electron chi connectivity index (χ2n) is 4.27. The highest BCUT2D eigenvalue weighted by Crippen LogP contribution is 2.11. The summed E-state index contributed by atoms with van der Waals surface area (Å²) in [4.78, 5) is 11.8. The molecule has 6 heteroatoms. The van der Waals surface area contributed by atoms with Gasteiger partial charge in [0.05, 0.1) is 18.8 Å². The Hall–Kier alpha value is -2.34. The fourth-order valence-electron chi connectivity index (χ4n) is 1.76. The molecule has 0 saturated heterocycles. The molecule has 0 aliphatic heterocycles. The number of ether oxygens (including phenoxy) is 1. The van der Waals surface area contributed by atoms with Gasteiger partial charge in [0, 0.05) is 6.07 Å². The van der Waals surface area contributed by atoms with Gasteiger partial charge in [0.2, 0.25) is 0 Å². The van der Waals surface area contributed by atoms with Crippen molar-refractivity contribution in [3.63, 3.8) is 0 Å². The molecule has 106 valence electrons. The highest BCUT2D eigenvalue weighted by Gasteiger charge is 2.09. The molecule has 1 heterocycles. The molecule has 6 nitrogen and oxygen atoms in total. The van der Waals surface area contributed by atoms with Crippen LogP contribution in [0, 0.1) is 6.92 Å². The highest BCUT2D eigenvalue weighted by atomic mass is 16.5. The number of aryl methyl sites for hydroxylation is 1. The second kappa shape index (κ2) is 6.72. The van der Waals surface area contributed by atoms with Crippen LogP contribution in [-0.4, -0.2) is 34.0 Å². The zero-order valence-corrected chi connectivity index (χ0v) is 11.2. The summed E-state index contributed by atoms with van der Waals surface area (Å²) in [6, 6.07) is 10.9. The number of aromatic nitrogens is 2. The Morgan fingerprint density at radius 2 is 2.15 bits per heavy atom. The molecule has 0 unspecified atom stereocenters. The lowest BCUT2D eigenvalue weighted by atomic mass is 10.3. The summed E-state index contributed by atoms with van der Waals surface area (Å²) < 4.78 is 6.91. The van der Waals surface area contributed by atoms with Crippen molar-refractivity contribution >= 4 is 11.7 Å². The van der Waals surface area contributed by atoms with Crippen molar-refractivity contribution in [1.29, 1.82) is 0 Å². The summed E-state index contributed by atoms with van der Waals surface area (Å²) in [5, 5.41) is 15.8. The molecule has 0 fully saturated rings. The molecule has 0 aliphatic rings. The number of hydrogen-bond acceptors (Lipinski definition) is 4. The van der Waals surface area contributed by atoms with E-state index in [-0.39, 0.29) is 19.1 Å². The molecule has 1 aromatic heterocycles. The summed E-state index contributed by atoms with van der Waals surface area (Å²) in [6.07, 6.45) is 0. The number of carbonyl (C=O) groups excluding carboxylic acids is 1. The molecule has 0 saturated carbocycles. The molecule has 1 aromatic carbocycles. The van der Waals surface area contributed by atoms with Crippen molar-refractivity contribution in [2.45, 2.75) is 13.5 Å². The van der Waals surface area contributed by atoms with Crippen LogP contribution >= 0.6 is 0 Å². The van der Waals surface area contributed by atoms with Crippen LogP contribution in [0.4, 0.5) is 5.82 Å². The van der Waals surface area contributed by atoms with Crippen LogP contribution in [0.2, 0.25) is 0 Å². The first-order chi connectivity index (χ1) is 9.69. The third-order valence-corrected chi connectivity index (χ3v) is 2.59. The minimum absolute atomic E-state index is 0.0372. The lowest BCUT2D eigenvalue weighted by molar-refractivity contribution is -0.118. The maximum Gasteiger partial charge on any atom is 0.263 e.